The fourth-order valence-corrected chi connectivity index (χ4v) is 1.79. The van der Waals surface area contributed by atoms with Gasteiger partial charge in [0.15, 0.2) is 5.78 Å². The molecule has 0 aliphatic carbocycles. The molecule has 0 saturated heterocycles. The summed E-state index contributed by atoms with van der Waals surface area (Å²) < 4.78 is 4.93. The Morgan fingerprint density at radius 3 is 2.20 bits per heavy atom. The highest BCUT2D eigenvalue weighted by atomic mass is 16.4. The molecule has 0 radical (unpaired) electrons. The molecular weight excluding hydrogens is 264 g/mol. The number of hydrogen-bond donors (Lipinski definition) is 2. The van der Waals surface area contributed by atoms with Crippen LogP contribution in [-0.4, -0.2) is 27.9 Å². The maximum absolute atomic E-state index is 12.0. The van der Waals surface area contributed by atoms with E-state index in [1.54, 1.807) is 30.3 Å². The second-order valence-electron chi connectivity index (χ2n) is 4.02. The van der Waals surface area contributed by atoms with E-state index in [1.807, 2.05) is 0 Å². The topological polar surface area (TPSA) is 105 Å². The monoisotopic (exact) mass is 274 g/mol. The summed E-state index contributed by atoms with van der Waals surface area (Å²) in [5.74, 6) is -3.36. The summed E-state index contributed by atoms with van der Waals surface area (Å²) in [5, 5.41) is 17.9. The van der Waals surface area contributed by atoms with Crippen LogP contribution < -0.4 is 0 Å². The molecule has 2 N–H and O–H groups in total. The van der Waals surface area contributed by atoms with Crippen LogP contribution in [0.5, 0.6) is 0 Å². The first kappa shape index (κ1) is 13.5. The van der Waals surface area contributed by atoms with Crippen molar-refractivity contribution in [1.82, 2.24) is 0 Å². The maximum atomic E-state index is 12.0. The maximum Gasteiger partial charge on any atom is 0.340 e. The van der Waals surface area contributed by atoms with Crippen LogP contribution in [0.3, 0.4) is 0 Å². The first-order valence-corrected chi connectivity index (χ1v) is 5.66. The van der Waals surface area contributed by atoms with Crippen molar-refractivity contribution >= 4 is 17.7 Å². The van der Waals surface area contributed by atoms with E-state index < -0.39 is 23.1 Å². The summed E-state index contributed by atoms with van der Waals surface area (Å²) in [4.78, 5) is 33.9. The van der Waals surface area contributed by atoms with E-state index >= 15 is 0 Å². The number of hydrogen-bond acceptors (Lipinski definition) is 4. The van der Waals surface area contributed by atoms with E-state index in [1.165, 1.54) is 0 Å². The number of carboxylic acids is 2. The van der Waals surface area contributed by atoms with Gasteiger partial charge in [-0.2, -0.15) is 0 Å². The van der Waals surface area contributed by atoms with Crippen LogP contribution in [0, 0.1) is 0 Å². The molecule has 2 rings (SSSR count). The van der Waals surface area contributed by atoms with Gasteiger partial charge in [-0.1, -0.05) is 30.3 Å². The summed E-state index contributed by atoms with van der Waals surface area (Å²) in [6, 6.07) is 8.27. The standard InChI is InChI=1S/C14H10O6/c15-10(8-4-2-1-3-5-8)6-11-12(14(18)19)9(7-20-11)13(16)17/h1-5,7H,6H2,(H,16,17)(H,18,19). The second kappa shape index (κ2) is 5.40. The largest absolute Gasteiger partial charge is 0.478 e. The normalized spacial score (nSPS) is 10.2. The molecular formula is C14H10O6. The zero-order valence-electron chi connectivity index (χ0n) is 10.2. The van der Waals surface area contributed by atoms with Gasteiger partial charge in [0.1, 0.15) is 23.2 Å². The second-order valence-corrected chi connectivity index (χ2v) is 4.02. The van der Waals surface area contributed by atoms with Crippen LogP contribution in [0.1, 0.15) is 36.8 Å². The highest BCUT2D eigenvalue weighted by molar-refractivity contribution is 6.04. The fraction of sp³-hybridized carbons (Fsp3) is 0.0714. The number of carboxylic acid groups (broad SMARTS) is 2. The molecule has 0 aliphatic rings. The molecule has 1 aromatic heterocycles. The molecule has 0 spiro atoms. The Kier molecular flexibility index (Phi) is 3.65. The average Bonchev–Trinajstić information content (AvgIpc) is 2.83. The SMILES string of the molecule is O=C(Cc1occ(C(=O)O)c1C(=O)O)c1ccccc1. The lowest BCUT2D eigenvalue weighted by Crippen LogP contribution is -2.10. The minimum Gasteiger partial charge on any atom is -0.478 e. The van der Waals surface area contributed by atoms with Crippen molar-refractivity contribution in [3.63, 3.8) is 0 Å². The summed E-state index contributed by atoms with van der Waals surface area (Å²) in [5.41, 5.74) is -0.549. The number of Topliss-reactive ketones (excluding diaryl/α,β-unsaturated/α-hetero) is 1. The van der Waals surface area contributed by atoms with Crippen LogP contribution >= 0.6 is 0 Å². The van der Waals surface area contributed by atoms with Crippen LogP contribution in [0.4, 0.5) is 0 Å². The zero-order chi connectivity index (χ0) is 14.7. The third-order valence-corrected chi connectivity index (χ3v) is 2.73. The predicted molar refractivity (Wildman–Crippen MR) is 67.1 cm³/mol. The highest BCUT2D eigenvalue weighted by Crippen LogP contribution is 2.20. The number of aromatic carboxylic acids is 2. The summed E-state index contributed by atoms with van der Waals surface area (Å²) in [6.07, 6.45) is 0.526. The minimum atomic E-state index is -1.44. The number of furan rings is 1. The Morgan fingerprint density at radius 2 is 1.65 bits per heavy atom. The molecule has 2 aromatic rings. The van der Waals surface area contributed by atoms with Crippen molar-refractivity contribution in [1.29, 1.82) is 0 Å². The van der Waals surface area contributed by atoms with Crippen molar-refractivity contribution in [2.24, 2.45) is 0 Å². The third kappa shape index (κ3) is 2.59. The molecule has 0 aliphatic heterocycles. The molecule has 0 amide bonds. The van der Waals surface area contributed by atoms with Crippen molar-refractivity contribution in [2.75, 3.05) is 0 Å². The summed E-state index contributed by atoms with van der Waals surface area (Å²) in [7, 11) is 0. The van der Waals surface area contributed by atoms with Gasteiger partial charge in [-0.25, -0.2) is 9.59 Å². The molecule has 102 valence electrons. The van der Waals surface area contributed by atoms with Gasteiger partial charge in [0.25, 0.3) is 0 Å². The predicted octanol–water partition coefficient (Wildman–Crippen LogP) is 2.10. The number of rotatable bonds is 5. The molecule has 0 unspecified atom stereocenters. The van der Waals surface area contributed by atoms with Gasteiger partial charge in [-0.3, -0.25) is 4.79 Å². The Hall–Kier alpha value is -2.89. The first-order valence-electron chi connectivity index (χ1n) is 5.66. The molecule has 1 heterocycles. The van der Waals surface area contributed by atoms with E-state index in [-0.39, 0.29) is 18.0 Å². The Morgan fingerprint density at radius 1 is 1.00 bits per heavy atom. The van der Waals surface area contributed by atoms with E-state index in [2.05, 4.69) is 0 Å². The van der Waals surface area contributed by atoms with Crippen molar-refractivity contribution in [3.8, 4) is 0 Å². The summed E-state index contributed by atoms with van der Waals surface area (Å²) >= 11 is 0. The van der Waals surface area contributed by atoms with Gasteiger partial charge in [-0.15, -0.1) is 0 Å². The molecule has 0 fully saturated rings. The Balaban J connectivity index is 2.33. The van der Waals surface area contributed by atoms with E-state index in [0.717, 1.165) is 6.26 Å². The lowest BCUT2D eigenvalue weighted by molar-refractivity contribution is 0.0651. The van der Waals surface area contributed by atoms with Gasteiger partial charge in [0, 0.05) is 5.56 Å². The van der Waals surface area contributed by atoms with Gasteiger partial charge in [0.05, 0.1) is 6.42 Å². The van der Waals surface area contributed by atoms with Gasteiger partial charge in [0.2, 0.25) is 0 Å². The minimum absolute atomic E-state index is 0.163. The van der Waals surface area contributed by atoms with Crippen LogP contribution in [-0.2, 0) is 6.42 Å². The first-order chi connectivity index (χ1) is 9.50. The van der Waals surface area contributed by atoms with Gasteiger partial charge < -0.3 is 14.6 Å². The fourth-order valence-electron chi connectivity index (χ4n) is 1.79. The lowest BCUT2D eigenvalue weighted by atomic mass is 10.0. The molecule has 0 atom stereocenters. The lowest BCUT2D eigenvalue weighted by Gasteiger charge is -2.00. The molecule has 1 aromatic carbocycles. The molecule has 20 heavy (non-hydrogen) atoms. The Labute approximate surface area is 113 Å². The van der Waals surface area contributed by atoms with E-state index in [9.17, 15) is 14.4 Å². The molecule has 6 heteroatoms. The van der Waals surface area contributed by atoms with Crippen molar-refractivity contribution in [3.05, 3.63) is 59.0 Å². The third-order valence-electron chi connectivity index (χ3n) is 2.73. The smallest absolute Gasteiger partial charge is 0.340 e. The number of ketones is 1. The number of carbonyl (C=O) groups excluding carboxylic acids is 1. The highest BCUT2D eigenvalue weighted by Gasteiger charge is 2.26. The Bertz CT molecular complexity index is 668. The van der Waals surface area contributed by atoms with E-state index in [4.69, 9.17) is 14.6 Å². The number of carbonyl (C=O) groups is 3. The zero-order valence-corrected chi connectivity index (χ0v) is 10.2. The number of benzene rings is 1. The molecule has 0 bridgehead atoms. The molecule has 6 nitrogen and oxygen atoms in total. The van der Waals surface area contributed by atoms with Crippen molar-refractivity contribution < 1.29 is 29.0 Å². The summed E-state index contributed by atoms with van der Waals surface area (Å²) in [6.45, 7) is 0. The van der Waals surface area contributed by atoms with Crippen molar-refractivity contribution in [2.45, 2.75) is 6.42 Å². The molecule has 0 saturated carbocycles. The quantitative estimate of drug-likeness (QED) is 0.809. The van der Waals surface area contributed by atoms with E-state index in [0.29, 0.717) is 5.56 Å². The van der Waals surface area contributed by atoms with Crippen LogP contribution in [0.25, 0.3) is 0 Å². The van der Waals surface area contributed by atoms with Gasteiger partial charge in [-0.05, 0) is 0 Å². The van der Waals surface area contributed by atoms with Crippen LogP contribution in [0.2, 0.25) is 0 Å². The average molecular weight is 274 g/mol. The van der Waals surface area contributed by atoms with Gasteiger partial charge >= 0.3 is 11.9 Å². The van der Waals surface area contributed by atoms with Crippen LogP contribution in [0.15, 0.2) is 41.0 Å².